The quantitative estimate of drug-likeness (QED) is 0.168. The zero-order valence-electron chi connectivity index (χ0n) is 35.8. The molecule has 0 amide bonds. The first-order valence-corrected chi connectivity index (χ1v) is 19.9. The summed E-state index contributed by atoms with van der Waals surface area (Å²) in [6, 6.07) is 64.6. The molecule has 59 heavy (non-hydrogen) atoms. The minimum absolute atomic E-state index is 0.140. The summed E-state index contributed by atoms with van der Waals surface area (Å²) >= 11 is 0. The molecule has 0 aliphatic heterocycles. The third kappa shape index (κ3) is 5.29. The van der Waals surface area contributed by atoms with Crippen molar-refractivity contribution in [3.05, 3.63) is 218 Å². The normalized spacial score (nSPS) is 12.7. The summed E-state index contributed by atoms with van der Waals surface area (Å²) in [6.07, 6.45) is 0. The van der Waals surface area contributed by atoms with Gasteiger partial charge in [-0.05, 0) is 87.9 Å². The fourth-order valence-corrected chi connectivity index (χ4v) is 8.98. The van der Waals surface area contributed by atoms with Crippen molar-refractivity contribution in [2.75, 3.05) is 4.90 Å². The first kappa shape index (κ1) is 29.4. The lowest BCUT2D eigenvalue weighted by molar-refractivity contribution is 0.674. The average Bonchev–Trinajstić information content (AvgIpc) is 3.89. The number of hydrogen-bond donors (Lipinski definition) is 0. The molecule has 2 heterocycles. The fourth-order valence-electron chi connectivity index (χ4n) is 8.98. The van der Waals surface area contributed by atoms with Gasteiger partial charge in [0.15, 0.2) is 0 Å². The predicted molar refractivity (Wildman–Crippen MR) is 249 cm³/mol. The molecule has 0 N–H and O–H groups in total. The van der Waals surface area contributed by atoms with E-state index in [4.69, 9.17) is 4.42 Å². The molecule has 3 heteroatoms. The maximum atomic E-state index is 9.88. The second-order valence-corrected chi connectivity index (χ2v) is 14.9. The van der Waals surface area contributed by atoms with Crippen molar-refractivity contribution in [3.63, 3.8) is 0 Å². The molecule has 12 rings (SSSR count). The molecule has 2 aromatic heterocycles. The minimum atomic E-state index is -0.158. The first-order valence-electron chi connectivity index (χ1n) is 21.9. The molecular weight excluding hydrogens is 717 g/mol. The van der Waals surface area contributed by atoms with Crippen LogP contribution in [-0.2, 0) is 0 Å². The predicted octanol–water partition coefficient (Wildman–Crippen LogP) is 15.8. The Bertz CT molecular complexity index is 3720. The molecule has 0 atom stereocenters. The van der Waals surface area contributed by atoms with Crippen LogP contribution in [-0.4, -0.2) is 4.57 Å². The van der Waals surface area contributed by atoms with E-state index in [1.807, 2.05) is 125 Å². The molecule has 3 nitrogen and oxygen atoms in total. The number of anilines is 3. The molecule has 0 bridgehead atoms. The summed E-state index contributed by atoms with van der Waals surface area (Å²) in [4.78, 5) is 1.88. The third-order valence-corrected chi connectivity index (χ3v) is 11.7. The number of benzene rings is 10. The highest BCUT2D eigenvalue weighted by Crippen LogP contribution is 2.46. The van der Waals surface area contributed by atoms with Gasteiger partial charge in [-0.15, -0.1) is 0 Å². The molecule has 0 radical (unpaired) electrons. The van der Waals surface area contributed by atoms with Crippen LogP contribution in [0.4, 0.5) is 17.1 Å². The lowest BCUT2D eigenvalue weighted by atomic mass is 9.97. The van der Waals surface area contributed by atoms with Gasteiger partial charge in [0, 0.05) is 55.1 Å². The van der Waals surface area contributed by atoms with E-state index in [0.717, 1.165) is 87.5 Å². The standard InChI is InChI=1S/C56H36N2O/c1-3-16-43-37(13-1)15-11-21-44(43)39-27-30-40(31-28-39)57(41-32-34-42(35-33-41)58-53-25-9-5-18-46(53)47-19-6-10-26-54(47)58)52-24-8-7-20-48(52)49-22-12-23-50-51-36-29-38-14-2-4-17-45(38)55(51)59-56(49)50/h1-36H/i32D,33D,34D,35D. The van der Waals surface area contributed by atoms with Gasteiger partial charge in [-0.25, -0.2) is 0 Å². The van der Waals surface area contributed by atoms with E-state index in [1.165, 1.54) is 0 Å². The van der Waals surface area contributed by atoms with Gasteiger partial charge >= 0.3 is 0 Å². The van der Waals surface area contributed by atoms with E-state index in [1.54, 1.807) is 0 Å². The number of hydrogen-bond acceptors (Lipinski definition) is 2. The summed E-state index contributed by atoms with van der Waals surface area (Å²) in [7, 11) is 0. The van der Waals surface area contributed by atoms with Crippen molar-refractivity contribution in [3.8, 4) is 27.9 Å². The Hall–Kier alpha value is -7.88. The Morgan fingerprint density at radius 2 is 0.915 bits per heavy atom. The van der Waals surface area contributed by atoms with E-state index >= 15 is 0 Å². The van der Waals surface area contributed by atoms with Crippen LogP contribution in [0.1, 0.15) is 5.48 Å². The smallest absolute Gasteiger partial charge is 0.143 e. The average molecular weight is 757 g/mol. The zero-order chi connectivity index (χ0) is 42.3. The van der Waals surface area contributed by atoms with E-state index in [-0.39, 0.29) is 35.5 Å². The summed E-state index contributed by atoms with van der Waals surface area (Å²) in [5.74, 6) is 0. The fraction of sp³-hybridized carbons (Fsp3) is 0. The van der Waals surface area contributed by atoms with Crippen LogP contribution in [0.2, 0.25) is 0 Å². The number of nitrogens with zero attached hydrogens (tertiary/aromatic N) is 2. The molecule has 0 aliphatic carbocycles. The van der Waals surface area contributed by atoms with Gasteiger partial charge in [0.2, 0.25) is 0 Å². The van der Waals surface area contributed by atoms with Crippen LogP contribution >= 0.6 is 0 Å². The van der Waals surface area contributed by atoms with E-state index in [9.17, 15) is 5.48 Å². The molecule has 0 unspecified atom stereocenters. The molecule has 276 valence electrons. The Balaban J connectivity index is 1.11. The van der Waals surface area contributed by atoms with Crippen LogP contribution in [0.3, 0.4) is 0 Å². The van der Waals surface area contributed by atoms with Crippen molar-refractivity contribution < 1.29 is 9.90 Å². The van der Waals surface area contributed by atoms with Crippen molar-refractivity contribution >= 4 is 82.4 Å². The number of rotatable bonds is 6. The topological polar surface area (TPSA) is 21.3 Å². The highest BCUT2D eigenvalue weighted by atomic mass is 16.3. The Morgan fingerprint density at radius 1 is 0.373 bits per heavy atom. The molecule has 10 aromatic carbocycles. The van der Waals surface area contributed by atoms with Crippen LogP contribution < -0.4 is 4.90 Å². The van der Waals surface area contributed by atoms with Crippen molar-refractivity contribution in [2.24, 2.45) is 0 Å². The highest BCUT2D eigenvalue weighted by Gasteiger charge is 2.22. The molecule has 0 saturated heterocycles. The lowest BCUT2D eigenvalue weighted by Gasteiger charge is -2.28. The van der Waals surface area contributed by atoms with Gasteiger partial charge in [0.1, 0.15) is 11.2 Å². The Kier molecular flexibility index (Phi) is 6.65. The summed E-state index contributed by atoms with van der Waals surface area (Å²) in [6.45, 7) is 0. The number of fused-ring (bicyclic) bond motifs is 9. The Labute approximate surface area is 346 Å². The van der Waals surface area contributed by atoms with E-state index in [2.05, 4.69) is 78.9 Å². The summed E-state index contributed by atoms with van der Waals surface area (Å²) < 4.78 is 48.0. The molecule has 0 aliphatic rings. The number of aromatic nitrogens is 1. The molecular formula is C56H36N2O. The van der Waals surface area contributed by atoms with Crippen LogP contribution in [0.5, 0.6) is 0 Å². The molecule has 0 saturated carbocycles. The van der Waals surface area contributed by atoms with Crippen molar-refractivity contribution in [1.29, 1.82) is 0 Å². The van der Waals surface area contributed by atoms with Crippen molar-refractivity contribution in [1.82, 2.24) is 4.57 Å². The van der Waals surface area contributed by atoms with Gasteiger partial charge in [-0.2, -0.15) is 0 Å². The highest BCUT2D eigenvalue weighted by molar-refractivity contribution is 6.18. The maximum Gasteiger partial charge on any atom is 0.143 e. The SMILES string of the molecule is [2H]c1c([2H])c(-n2c3ccccc3c3ccccc32)c([2H])c([2H])c1N(c1ccc(-c2cccc3ccccc23)cc1)c1ccccc1-c1cccc2c1oc1c3ccccc3ccc21. The minimum Gasteiger partial charge on any atom is -0.455 e. The molecule has 0 fully saturated rings. The van der Waals surface area contributed by atoms with Gasteiger partial charge in [-0.3, -0.25) is 0 Å². The second-order valence-electron chi connectivity index (χ2n) is 14.9. The van der Waals surface area contributed by atoms with Crippen molar-refractivity contribution in [2.45, 2.75) is 0 Å². The summed E-state index contributed by atoms with van der Waals surface area (Å²) in [5.41, 5.74) is 8.63. The Morgan fingerprint density at radius 3 is 1.68 bits per heavy atom. The zero-order valence-corrected chi connectivity index (χ0v) is 31.8. The maximum absolute atomic E-state index is 9.88. The monoisotopic (exact) mass is 756 g/mol. The largest absolute Gasteiger partial charge is 0.455 e. The number of para-hydroxylation sites is 4. The van der Waals surface area contributed by atoms with E-state index in [0.29, 0.717) is 11.4 Å². The number of furan rings is 1. The van der Waals surface area contributed by atoms with E-state index < -0.39 is 0 Å². The first-order chi connectivity index (χ1) is 31.0. The van der Waals surface area contributed by atoms with Gasteiger partial charge in [0.25, 0.3) is 0 Å². The van der Waals surface area contributed by atoms with Crippen LogP contribution in [0.25, 0.3) is 93.2 Å². The molecule has 0 spiro atoms. The van der Waals surface area contributed by atoms with Gasteiger partial charge in [-0.1, -0.05) is 158 Å². The summed E-state index contributed by atoms with van der Waals surface area (Å²) in [5, 5.41) is 8.36. The lowest BCUT2D eigenvalue weighted by Crippen LogP contribution is -2.11. The molecule has 12 aromatic rings. The third-order valence-electron chi connectivity index (χ3n) is 11.7. The van der Waals surface area contributed by atoms with Gasteiger partial charge < -0.3 is 13.9 Å². The van der Waals surface area contributed by atoms with Crippen LogP contribution in [0, 0.1) is 0 Å². The second kappa shape index (κ2) is 13.4. The van der Waals surface area contributed by atoms with Gasteiger partial charge in [0.05, 0.1) is 22.2 Å². The van der Waals surface area contributed by atoms with Crippen LogP contribution in [0.15, 0.2) is 223 Å².